The molecule has 3 aliphatic rings. The Bertz CT molecular complexity index is 1270. The minimum Gasteiger partial charge on any atom is -0.497 e. The van der Waals surface area contributed by atoms with Crippen molar-refractivity contribution in [2.24, 2.45) is 11.8 Å². The van der Waals surface area contributed by atoms with Crippen molar-refractivity contribution in [3.05, 3.63) is 42.0 Å². The summed E-state index contributed by atoms with van der Waals surface area (Å²) in [5.41, 5.74) is -0.404. The van der Waals surface area contributed by atoms with Gasteiger partial charge < -0.3 is 23.7 Å². The fourth-order valence-corrected chi connectivity index (χ4v) is 6.26. The van der Waals surface area contributed by atoms with Crippen LogP contribution in [-0.4, -0.2) is 69.9 Å². The minimum atomic E-state index is -1.41. The molecule has 3 heterocycles. The van der Waals surface area contributed by atoms with E-state index in [1.54, 1.807) is 55.3 Å². The molecule has 2 aromatic rings. The van der Waals surface area contributed by atoms with E-state index in [-0.39, 0.29) is 0 Å². The van der Waals surface area contributed by atoms with Gasteiger partial charge in [-0.25, -0.2) is 4.90 Å². The van der Waals surface area contributed by atoms with E-state index in [9.17, 15) is 14.4 Å². The Balaban J connectivity index is 1.64. The zero-order valence-corrected chi connectivity index (χ0v) is 22.5. The highest BCUT2D eigenvalue weighted by Crippen LogP contribution is 2.53. The molecule has 10 nitrogen and oxygen atoms in total. The van der Waals surface area contributed by atoms with Crippen LogP contribution in [0.3, 0.4) is 0 Å². The minimum absolute atomic E-state index is 0.297. The highest BCUT2D eigenvalue weighted by atomic mass is 32.2. The molecule has 202 valence electrons. The van der Waals surface area contributed by atoms with Crippen LogP contribution in [0.25, 0.3) is 0 Å². The third kappa shape index (κ3) is 4.04. The van der Waals surface area contributed by atoms with E-state index in [1.807, 2.05) is 6.26 Å². The van der Waals surface area contributed by atoms with E-state index in [0.29, 0.717) is 59.6 Å². The number of rotatable bonds is 8. The first-order valence-corrected chi connectivity index (χ1v) is 13.6. The molecule has 2 fully saturated rings. The Morgan fingerprint density at radius 3 is 2.50 bits per heavy atom. The molecule has 2 aromatic carbocycles. The molecule has 0 unspecified atom stereocenters. The maximum absolute atomic E-state index is 14.1. The molecule has 2 saturated heterocycles. The number of carbonyl (C=O) groups is 3. The van der Waals surface area contributed by atoms with Crippen molar-refractivity contribution in [2.45, 2.75) is 18.0 Å². The maximum atomic E-state index is 14.1. The van der Waals surface area contributed by atoms with E-state index in [1.165, 1.54) is 14.2 Å². The van der Waals surface area contributed by atoms with Crippen LogP contribution in [0.2, 0.25) is 0 Å². The SMILES string of the molecule is COC(=O)[C@]1(CCSC)N[C@H](c2ccc(OC)cc2OC)[C@@H]2C(=O)N(c3ccc4c(c3)OCCO4)C(=O)[C@@H]21. The lowest BCUT2D eigenvalue weighted by atomic mass is 9.77. The van der Waals surface area contributed by atoms with Gasteiger partial charge in [-0.1, -0.05) is 6.07 Å². The van der Waals surface area contributed by atoms with Crippen molar-refractivity contribution in [1.82, 2.24) is 5.32 Å². The topological polar surface area (TPSA) is 113 Å². The van der Waals surface area contributed by atoms with Gasteiger partial charge in [0.1, 0.15) is 30.3 Å². The first-order valence-electron chi connectivity index (χ1n) is 12.2. The number of ether oxygens (including phenoxy) is 5. The number of nitrogens with one attached hydrogen (secondary N) is 1. The van der Waals surface area contributed by atoms with Crippen molar-refractivity contribution in [1.29, 1.82) is 0 Å². The second-order valence-electron chi connectivity index (χ2n) is 9.28. The molecule has 2 amide bonds. The Morgan fingerprint density at radius 1 is 1.05 bits per heavy atom. The number of amides is 2. The highest BCUT2D eigenvalue weighted by molar-refractivity contribution is 7.98. The van der Waals surface area contributed by atoms with Crippen LogP contribution in [0.5, 0.6) is 23.0 Å². The summed E-state index contributed by atoms with van der Waals surface area (Å²) < 4.78 is 27.5. The van der Waals surface area contributed by atoms with E-state index in [4.69, 9.17) is 23.7 Å². The monoisotopic (exact) mass is 542 g/mol. The summed E-state index contributed by atoms with van der Waals surface area (Å²) in [6, 6.07) is 9.54. The molecule has 5 rings (SSSR count). The van der Waals surface area contributed by atoms with Crippen molar-refractivity contribution in [2.75, 3.05) is 51.5 Å². The molecule has 0 radical (unpaired) electrons. The van der Waals surface area contributed by atoms with E-state index >= 15 is 0 Å². The average Bonchev–Trinajstić information content (AvgIpc) is 3.44. The molecule has 0 bridgehead atoms. The van der Waals surface area contributed by atoms with Gasteiger partial charge in [0.05, 0.1) is 38.9 Å². The van der Waals surface area contributed by atoms with Crippen LogP contribution >= 0.6 is 11.8 Å². The first kappa shape index (κ1) is 26.2. The molecule has 0 aromatic heterocycles. The van der Waals surface area contributed by atoms with Gasteiger partial charge >= 0.3 is 5.97 Å². The first-order chi connectivity index (χ1) is 18.4. The molecular formula is C27H30N2O8S. The van der Waals surface area contributed by atoms with Crippen LogP contribution in [0.4, 0.5) is 5.69 Å². The molecule has 4 atom stereocenters. The molecule has 11 heteroatoms. The molecule has 3 aliphatic heterocycles. The molecule has 38 heavy (non-hydrogen) atoms. The van der Waals surface area contributed by atoms with Crippen LogP contribution < -0.4 is 29.2 Å². The van der Waals surface area contributed by atoms with E-state index in [2.05, 4.69) is 5.32 Å². The Morgan fingerprint density at radius 2 is 1.82 bits per heavy atom. The number of thioether (sulfide) groups is 1. The zero-order valence-electron chi connectivity index (χ0n) is 21.6. The average molecular weight is 543 g/mol. The summed E-state index contributed by atoms with van der Waals surface area (Å²) in [4.78, 5) is 42.8. The third-order valence-corrected chi connectivity index (χ3v) is 8.08. The van der Waals surface area contributed by atoms with Gasteiger partial charge in [-0.15, -0.1) is 0 Å². The fraction of sp³-hybridized carbons (Fsp3) is 0.444. The van der Waals surface area contributed by atoms with E-state index < -0.39 is 41.2 Å². The Kier molecular flexibility index (Phi) is 7.15. The van der Waals surface area contributed by atoms with Gasteiger partial charge in [-0.3, -0.25) is 19.7 Å². The highest BCUT2D eigenvalue weighted by Gasteiger charge is 2.69. The number of carbonyl (C=O) groups excluding carboxylic acids is 3. The third-order valence-electron chi connectivity index (χ3n) is 7.46. The van der Waals surface area contributed by atoms with Crippen LogP contribution in [-0.2, 0) is 19.1 Å². The molecule has 0 spiro atoms. The van der Waals surface area contributed by atoms with Crippen LogP contribution in [0.1, 0.15) is 18.0 Å². The Labute approximate surface area is 224 Å². The largest absolute Gasteiger partial charge is 0.497 e. The molecule has 0 aliphatic carbocycles. The van der Waals surface area contributed by atoms with Gasteiger partial charge in [0.25, 0.3) is 0 Å². The predicted molar refractivity (Wildman–Crippen MR) is 140 cm³/mol. The molecular weight excluding hydrogens is 512 g/mol. The number of nitrogens with zero attached hydrogens (tertiary/aromatic N) is 1. The lowest BCUT2D eigenvalue weighted by Crippen LogP contribution is -2.56. The Hall–Kier alpha value is -3.44. The van der Waals surface area contributed by atoms with Crippen molar-refractivity contribution < 1.29 is 38.1 Å². The number of hydrogen-bond acceptors (Lipinski definition) is 10. The number of methoxy groups -OCH3 is 3. The molecule has 1 N–H and O–H groups in total. The normalized spacial score (nSPS) is 25.8. The number of anilines is 1. The van der Waals surface area contributed by atoms with Crippen molar-refractivity contribution in [3.63, 3.8) is 0 Å². The number of esters is 1. The standard InChI is InChI=1S/C27H30N2O8S/c1-33-16-6-7-17(19(14-16)34-2)23-21-22(27(28-23,9-12-38-4)26(32)35-3)25(31)29(24(21)30)15-5-8-18-20(13-15)37-11-10-36-18/h5-8,13-14,21-23,28H,9-12H2,1-4H3/t21-,22-,23-,27-/m1/s1. The summed E-state index contributed by atoms with van der Waals surface area (Å²) in [6.45, 7) is 0.791. The number of imide groups is 1. The number of benzene rings is 2. The van der Waals surface area contributed by atoms with Gasteiger partial charge in [0.15, 0.2) is 11.5 Å². The number of hydrogen-bond donors (Lipinski definition) is 1. The predicted octanol–water partition coefficient (Wildman–Crippen LogP) is 2.59. The van der Waals surface area contributed by atoms with E-state index in [0.717, 1.165) is 4.90 Å². The summed E-state index contributed by atoms with van der Waals surface area (Å²) in [6.07, 6.45) is 2.22. The quantitative estimate of drug-likeness (QED) is 0.395. The maximum Gasteiger partial charge on any atom is 0.326 e. The molecule has 0 saturated carbocycles. The summed E-state index contributed by atoms with van der Waals surface area (Å²) in [7, 11) is 4.36. The second kappa shape index (κ2) is 10.4. The second-order valence-corrected chi connectivity index (χ2v) is 10.3. The summed E-state index contributed by atoms with van der Waals surface area (Å²) in [5, 5.41) is 3.38. The lowest BCUT2D eigenvalue weighted by molar-refractivity contribution is -0.152. The van der Waals surface area contributed by atoms with Crippen molar-refractivity contribution >= 4 is 35.2 Å². The zero-order chi connectivity index (χ0) is 27.0. The lowest BCUT2D eigenvalue weighted by Gasteiger charge is -2.32. The fourth-order valence-electron chi connectivity index (χ4n) is 5.74. The van der Waals surface area contributed by atoms with Crippen molar-refractivity contribution in [3.8, 4) is 23.0 Å². The van der Waals surface area contributed by atoms with Crippen LogP contribution in [0.15, 0.2) is 36.4 Å². The smallest absolute Gasteiger partial charge is 0.326 e. The van der Waals surface area contributed by atoms with Crippen LogP contribution in [0, 0.1) is 11.8 Å². The summed E-state index contributed by atoms with van der Waals surface area (Å²) in [5.74, 6) is -0.695. The van der Waals surface area contributed by atoms with Gasteiger partial charge in [-0.05, 0) is 36.6 Å². The van der Waals surface area contributed by atoms with Gasteiger partial charge in [-0.2, -0.15) is 11.8 Å². The number of fused-ring (bicyclic) bond motifs is 2. The van der Waals surface area contributed by atoms with Gasteiger partial charge in [0.2, 0.25) is 11.8 Å². The summed E-state index contributed by atoms with van der Waals surface area (Å²) >= 11 is 1.54. The van der Waals surface area contributed by atoms with Gasteiger partial charge in [0, 0.05) is 23.7 Å².